The molecular formula is C12H13F2N. The molecule has 15 heavy (non-hydrogen) atoms. The van der Waals surface area contributed by atoms with Crippen molar-refractivity contribution in [3.63, 3.8) is 0 Å². The number of halogens is 2. The van der Waals surface area contributed by atoms with Crippen LogP contribution in [0.15, 0.2) is 30.4 Å². The van der Waals surface area contributed by atoms with Gasteiger partial charge in [-0.2, -0.15) is 0 Å². The van der Waals surface area contributed by atoms with Crippen LogP contribution in [0.1, 0.15) is 18.1 Å². The van der Waals surface area contributed by atoms with Crippen LogP contribution in [0.3, 0.4) is 0 Å². The zero-order valence-electron chi connectivity index (χ0n) is 8.72. The number of benzene rings is 1. The first-order valence-electron chi connectivity index (χ1n) is 4.60. The molecular weight excluding hydrogens is 196 g/mol. The first-order valence-corrected chi connectivity index (χ1v) is 4.60. The second-order valence-corrected chi connectivity index (χ2v) is 3.23. The van der Waals surface area contributed by atoms with Crippen molar-refractivity contribution in [2.45, 2.75) is 13.8 Å². The topological polar surface area (TPSA) is 26.0 Å². The average Bonchev–Trinajstić information content (AvgIpc) is 2.12. The van der Waals surface area contributed by atoms with E-state index < -0.39 is 11.6 Å². The fourth-order valence-corrected chi connectivity index (χ4v) is 1.35. The van der Waals surface area contributed by atoms with E-state index in [-0.39, 0.29) is 5.56 Å². The average molecular weight is 209 g/mol. The number of allylic oxidation sites excluding steroid dienone is 3. The summed E-state index contributed by atoms with van der Waals surface area (Å²) in [6, 6.07) is 2.09. The molecule has 2 N–H and O–H groups in total. The first kappa shape index (κ1) is 11.4. The van der Waals surface area contributed by atoms with Crippen LogP contribution in [-0.4, -0.2) is 0 Å². The summed E-state index contributed by atoms with van der Waals surface area (Å²) >= 11 is 0. The molecule has 0 aromatic heterocycles. The molecule has 0 atom stereocenters. The first-order chi connectivity index (χ1) is 7.06. The Morgan fingerprint density at radius 2 is 2.00 bits per heavy atom. The molecule has 80 valence electrons. The molecule has 0 saturated heterocycles. The molecule has 0 aliphatic heterocycles. The highest BCUT2D eigenvalue weighted by Gasteiger charge is 2.09. The van der Waals surface area contributed by atoms with Crippen LogP contribution in [0.5, 0.6) is 0 Å². The molecule has 1 rings (SSSR count). The molecule has 3 heteroatoms. The lowest BCUT2D eigenvalue weighted by Crippen LogP contribution is -2.02. The van der Waals surface area contributed by atoms with E-state index in [1.165, 1.54) is 6.07 Å². The van der Waals surface area contributed by atoms with Gasteiger partial charge in [0.15, 0.2) is 0 Å². The summed E-state index contributed by atoms with van der Waals surface area (Å²) in [5.74, 6) is -1.22. The molecule has 0 fully saturated rings. The monoisotopic (exact) mass is 209 g/mol. The second-order valence-electron chi connectivity index (χ2n) is 3.23. The van der Waals surface area contributed by atoms with Gasteiger partial charge >= 0.3 is 0 Å². The second kappa shape index (κ2) is 4.73. The van der Waals surface area contributed by atoms with Crippen LogP contribution in [0.25, 0.3) is 5.70 Å². The van der Waals surface area contributed by atoms with E-state index in [0.717, 1.165) is 6.07 Å². The normalized spacial score (nSPS) is 12.4. The van der Waals surface area contributed by atoms with Crippen LogP contribution in [-0.2, 0) is 0 Å². The summed E-state index contributed by atoms with van der Waals surface area (Å²) in [4.78, 5) is 0. The Balaban J connectivity index is 3.25. The summed E-state index contributed by atoms with van der Waals surface area (Å²) in [6.07, 6.45) is 5.07. The molecule has 1 aromatic rings. The maximum atomic E-state index is 13.4. The number of aryl methyl sites for hydroxylation is 1. The standard InChI is InChI=1S/C12H13F2N/c1-3-4-5-11(15)12-8(2)6-9(13)7-10(12)14/h3-7H,15H2,1-2H3/b4-3-,11-5-. The summed E-state index contributed by atoms with van der Waals surface area (Å²) in [6.45, 7) is 3.45. The zero-order chi connectivity index (χ0) is 11.4. The van der Waals surface area contributed by atoms with Gasteiger partial charge in [0.05, 0.1) is 0 Å². The van der Waals surface area contributed by atoms with E-state index in [9.17, 15) is 8.78 Å². The molecule has 0 aliphatic carbocycles. The van der Waals surface area contributed by atoms with Gasteiger partial charge < -0.3 is 5.73 Å². The van der Waals surface area contributed by atoms with Gasteiger partial charge in [0.25, 0.3) is 0 Å². The van der Waals surface area contributed by atoms with Crippen molar-refractivity contribution in [1.82, 2.24) is 0 Å². The van der Waals surface area contributed by atoms with E-state index in [2.05, 4.69) is 0 Å². The van der Waals surface area contributed by atoms with E-state index in [4.69, 9.17) is 5.73 Å². The van der Waals surface area contributed by atoms with Crippen molar-refractivity contribution >= 4 is 5.70 Å². The molecule has 0 aliphatic rings. The molecule has 1 nitrogen and oxygen atoms in total. The van der Waals surface area contributed by atoms with Gasteiger partial charge in [-0.25, -0.2) is 8.78 Å². The Kier molecular flexibility index (Phi) is 3.61. The molecule has 0 saturated carbocycles. The lowest BCUT2D eigenvalue weighted by atomic mass is 10.0. The highest BCUT2D eigenvalue weighted by molar-refractivity contribution is 5.67. The van der Waals surface area contributed by atoms with Crippen molar-refractivity contribution < 1.29 is 8.78 Å². The van der Waals surface area contributed by atoms with Gasteiger partial charge in [-0.15, -0.1) is 0 Å². The maximum Gasteiger partial charge on any atom is 0.135 e. The quantitative estimate of drug-likeness (QED) is 0.744. The van der Waals surface area contributed by atoms with Crippen molar-refractivity contribution in [2.75, 3.05) is 0 Å². The third-order valence-electron chi connectivity index (χ3n) is 2.01. The van der Waals surface area contributed by atoms with Crippen LogP contribution in [0.2, 0.25) is 0 Å². The Morgan fingerprint density at radius 1 is 1.33 bits per heavy atom. The molecule has 0 unspecified atom stereocenters. The lowest BCUT2D eigenvalue weighted by molar-refractivity contribution is 0.579. The third-order valence-corrected chi connectivity index (χ3v) is 2.01. The molecule has 0 bridgehead atoms. The van der Waals surface area contributed by atoms with Gasteiger partial charge in [-0.05, 0) is 31.6 Å². The fraction of sp³-hybridized carbons (Fsp3) is 0.167. The highest BCUT2D eigenvalue weighted by atomic mass is 19.1. The molecule has 0 heterocycles. The Labute approximate surface area is 87.9 Å². The van der Waals surface area contributed by atoms with E-state index in [1.807, 2.05) is 6.92 Å². The Hall–Kier alpha value is -1.64. The third kappa shape index (κ3) is 2.65. The number of nitrogens with two attached hydrogens (primary N) is 1. The summed E-state index contributed by atoms with van der Waals surface area (Å²) in [5.41, 5.74) is 6.72. The van der Waals surface area contributed by atoms with Crippen LogP contribution in [0, 0.1) is 18.6 Å². The van der Waals surface area contributed by atoms with Gasteiger partial charge in [0.2, 0.25) is 0 Å². The highest BCUT2D eigenvalue weighted by Crippen LogP contribution is 2.20. The zero-order valence-corrected chi connectivity index (χ0v) is 8.72. The SMILES string of the molecule is C/C=C\C=C(/N)c1c(C)cc(F)cc1F. The number of hydrogen-bond donors (Lipinski definition) is 1. The van der Waals surface area contributed by atoms with E-state index in [1.54, 1.807) is 25.2 Å². The molecule has 1 aromatic carbocycles. The smallest absolute Gasteiger partial charge is 0.135 e. The van der Waals surface area contributed by atoms with Crippen molar-refractivity contribution in [3.05, 3.63) is 53.1 Å². The van der Waals surface area contributed by atoms with Crippen molar-refractivity contribution in [3.8, 4) is 0 Å². The molecule has 0 spiro atoms. The van der Waals surface area contributed by atoms with E-state index >= 15 is 0 Å². The largest absolute Gasteiger partial charge is 0.398 e. The lowest BCUT2D eigenvalue weighted by Gasteiger charge is -2.07. The molecule has 0 radical (unpaired) electrons. The maximum absolute atomic E-state index is 13.4. The minimum atomic E-state index is -0.634. The predicted molar refractivity (Wildman–Crippen MR) is 58.1 cm³/mol. The van der Waals surface area contributed by atoms with Gasteiger partial charge in [0, 0.05) is 17.3 Å². The molecule has 0 amide bonds. The number of hydrogen-bond acceptors (Lipinski definition) is 1. The summed E-state index contributed by atoms with van der Waals surface area (Å²) in [7, 11) is 0. The van der Waals surface area contributed by atoms with Crippen LogP contribution >= 0.6 is 0 Å². The van der Waals surface area contributed by atoms with Crippen molar-refractivity contribution in [2.24, 2.45) is 5.73 Å². The van der Waals surface area contributed by atoms with Gasteiger partial charge in [-0.1, -0.05) is 12.2 Å². The van der Waals surface area contributed by atoms with Crippen molar-refractivity contribution in [1.29, 1.82) is 0 Å². The van der Waals surface area contributed by atoms with Crippen LogP contribution < -0.4 is 5.73 Å². The van der Waals surface area contributed by atoms with Gasteiger partial charge in [0.1, 0.15) is 11.6 Å². The minimum Gasteiger partial charge on any atom is -0.398 e. The van der Waals surface area contributed by atoms with Gasteiger partial charge in [-0.3, -0.25) is 0 Å². The number of rotatable bonds is 2. The van der Waals surface area contributed by atoms with Crippen LogP contribution in [0.4, 0.5) is 8.78 Å². The fourth-order valence-electron chi connectivity index (χ4n) is 1.35. The Morgan fingerprint density at radius 3 is 2.53 bits per heavy atom. The summed E-state index contributed by atoms with van der Waals surface area (Å²) in [5, 5.41) is 0. The van der Waals surface area contributed by atoms with E-state index in [0.29, 0.717) is 11.3 Å². The predicted octanol–water partition coefficient (Wildman–Crippen LogP) is 3.15. The Bertz CT molecular complexity index is 397. The summed E-state index contributed by atoms with van der Waals surface area (Å²) < 4.78 is 26.2. The minimum absolute atomic E-state index is 0.259.